The van der Waals surface area contributed by atoms with Crippen LogP contribution >= 0.6 is 0 Å². The Morgan fingerprint density at radius 1 is 0.818 bits per heavy atom. The lowest BCUT2D eigenvalue weighted by atomic mass is 9.71. The zero-order chi connectivity index (χ0) is 15.3. The maximum atomic E-state index is 12.1. The van der Waals surface area contributed by atoms with Gasteiger partial charge in [-0.3, -0.25) is 9.59 Å². The summed E-state index contributed by atoms with van der Waals surface area (Å²) in [5.41, 5.74) is -2.10. The van der Waals surface area contributed by atoms with Gasteiger partial charge in [0.05, 0.1) is 0 Å². The number of para-hydroxylation sites is 2. The highest BCUT2D eigenvalue weighted by atomic mass is 16.6. The molecule has 4 unspecified atom stereocenters. The first-order valence-electron chi connectivity index (χ1n) is 7.11. The van der Waals surface area contributed by atoms with E-state index in [-0.39, 0.29) is 0 Å². The van der Waals surface area contributed by atoms with Crippen molar-refractivity contribution in [2.24, 2.45) is 11.8 Å². The van der Waals surface area contributed by atoms with Crippen LogP contribution in [0.3, 0.4) is 0 Å². The largest absolute Gasteiger partial charge is 0.451 e. The second-order valence-electron chi connectivity index (χ2n) is 6.32. The van der Waals surface area contributed by atoms with Gasteiger partial charge in [0.15, 0.2) is 23.0 Å². The van der Waals surface area contributed by atoms with E-state index in [0.29, 0.717) is 23.0 Å². The zero-order valence-electron chi connectivity index (χ0n) is 11.9. The van der Waals surface area contributed by atoms with Gasteiger partial charge >= 0.3 is 11.9 Å². The Kier molecular flexibility index (Phi) is 1.86. The van der Waals surface area contributed by atoms with Crippen LogP contribution in [0.5, 0.6) is 11.5 Å². The Bertz CT molecular complexity index is 733. The van der Waals surface area contributed by atoms with Crippen LogP contribution in [0.25, 0.3) is 0 Å². The molecule has 0 amide bonds. The Morgan fingerprint density at radius 2 is 1.27 bits per heavy atom. The van der Waals surface area contributed by atoms with Gasteiger partial charge in [-0.25, -0.2) is 0 Å². The highest BCUT2D eigenvalue weighted by Crippen LogP contribution is 2.64. The molecule has 0 spiro atoms. The molecule has 6 heteroatoms. The number of esters is 2. The minimum atomic E-state index is -1.05. The van der Waals surface area contributed by atoms with Crippen LogP contribution in [0.15, 0.2) is 35.8 Å². The standard InChI is InChI=1S/C16H12O6/c1-15-9-10(14(18)21-13(9)17)16(2,22-15)12-11(15)19-7-5-3-4-6-8(7)20-12/h3-6,9-10H,1-2H3. The van der Waals surface area contributed by atoms with Crippen LogP contribution in [0.1, 0.15) is 13.8 Å². The second kappa shape index (κ2) is 3.35. The van der Waals surface area contributed by atoms with Gasteiger partial charge in [0.25, 0.3) is 0 Å². The number of rotatable bonds is 0. The minimum Gasteiger partial charge on any atom is -0.451 e. The van der Waals surface area contributed by atoms with Gasteiger partial charge in [-0.15, -0.1) is 0 Å². The lowest BCUT2D eigenvalue weighted by Gasteiger charge is -2.34. The smallest absolute Gasteiger partial charge is 0.321 e. The van der Waals surface area contributed by atoms with E-state index >= 15 is 0 Å². The first-order valence-corrected chi connectivity index (χ1v) is 7.11. The quantitative estimate of drug-likeness (QED) is 0.535. The molecule has 4 aliphatic heterocycles. The Labute approximate surface area is 125 Å². The maximum Gasteiger partial charge on any atom is 0.321 e. The van der Waals surface area contributed by atoms with Crippen molar-refractivity contribution in [1.82, 2.24) is 0 Å². The third kappa shape index (κ3) is 1.10. The fourth-order valence-electron chi connectivity index (χ4n) is 4.11. The predicted molar refractivity (Wildman–Crippen MR) is 70.7 cm³/mol. The normalized spacial score (nSPS) is 40.6. The molecule has 5 rings (SSSR count). The maximum absolute atomic E-state index is 12.1. The molecule has 0 radical (unpaired) electrons. The van der Waals surface area contributed by atoms with Crippen molar-refractivity contribution in [1.29, 1.82) is 0 Å². The summed E-state index contributed by atoms with van der Waals surface area (Å²) < 4.78 is 22.8. The lowest BCUT2D eigenvalue weighted by molar-refractivity contribution is -0.161. The van der Waals surface area contributed by atoms with E-state index in [9.17, 15) is 9.59 Å². The first kappa shape index (κ1) is 12.2. The van der Waals surface area contributed by atoms with Crippen LogP contribution < -0.4 is 9.47 Å². The molecule has 2 saturated heterocycles. The highest BCUT2D eigenvalue weighted by Gasteiger charge is 2.78. The second-order valence-corrected chi connectivity index (χ2v) is 6.32. The van der Waals surface area contributed by atoms with Crippen LogP contribution in [0, 0.1) is 11.8 Å². The average Bonchev–Trinajstić information content (AvgIpc) is 3.01. The fourth-order valence-corrected chi connectivity index (χ4v) is 4.11. The third-order valence-corrected chi connectivity index (χ3v) is 5.03. The molecule has 0 saturated carbocycles. The molecule has 6 nitrogen and oxygen atoms in total. The number of carbonyl (C=O) groups excluding carboxylic acids is 2. The topological polar surface area (TPSA) is 71.1 Å². The summed E-state index contributed by atoms with van der Waals surface area (Å²) in [6.07, 6.45) is 0. The van der Waals surface area contributed by atoms with Crippen LogP contribution in [0.4, 0.5) is 0 Å². The number of fused-ring (bicyclic) bond motifs is 8. The summed E-state index contributed by atoms with van der Waals surface area (Å²) in [5.74, 6) is -0.461. The molecule has 1 aromatic rings. The number of ether oxygens (including phenoxy) is 4. The van der Waals surface area contributed by atoms with Gasteiger partial charge in [-0.1, -0.05) is 12.1 Å². The van der Waals surface area contributed by atoms with Crippen molar-refractivity contribution < 1.29 is 28.5 Å². The zero-order valence-corrected chi connectivity index (χ0v) is 11.9. The Balaban J connectivity index is 1.72. The highest BCUT2D eigenvalue weighted by molar-refractivity contribution is 6.00. The van der Waals surface area contributed by atoms with Gasteiger partial charge in [0.2, 0.25) is 0 Å². The molecule has 0 N–H and O–H groups in total. The number of carbonyl (C=O) groups is 2. The van der Waals surface area contributed by atoms with Crippen molar-refractivity contribution in [2.75, 3.05) is 0 Å². The van der Waals surface area contributed by atoms with E-state index in [1.54, 1.807) is 26.0 Å². The molecular formula is C16H12O6. The molecular weight excluding hydrogens is 288 g/mol. The molecule has 22 heavy (non-hydrogen) atoms. The molecule has 4 heterocycles. The molecule has 0 aromatic heterocycles. The molecule has 4 atom stereocenters. The van der Waals surface area contributed by atoms with Gasteiger partial charge in [0.1, 0.15) is 23.0 Å². The number of cyclic esters (lactones) is 2. The van der Waals surface area contributed by atoms with Crippen molar-refractivity contribution in [3.8, 4) is 11.5 Å². The Morgan fingerprint density at radius 3 is 1.73 bits per heavy atom. The molecule has 4 aliphatic rings. The molecule has 1 aromatic carbocycles. The van der Waals surface area contributed by atoms with E-state index in [0.717, 1.165) is 0 Å². The van der Waals surface area contributed by atoms with Crippen LogP contribution in [-0.2, 0) is 19.1 Å². The summed E-state index contributed by atoms with van der Waals surface area (Å²) in [4.78, 5) is 24.2. The summed E-state index contributed by atoms with van der Waals surface area (Å²) in [6.45, 7) is 3.49. The monoisotopic (exact) mass is 300 g/mol. The van der Waals surface area contributed by atoms with E-state index in [1.165, 1.54) is 0 Å². The number of hydrogen-bond acceptors (Lipinski definition) is 6. The SMILES string of the molecule is CC12OC(C)(C3=C1Oc1ccccc1O3)C1C(=O)OC(=O)C12. The predicted octanol–water partition coefficient (Wildman–Crippen LogP) is 1.55. The average molecular weight is 300 g/mol. The van der Waals surface area contributed by atoms with E-state index in [1.807, 2.05) is 12.1 Å². The molecule has 2 fully saturated rings. The van der Waals surface area contributed by atoms with Gasteiger partial charge in [-0.2, -0.15) is 0 Å². The summed E-state index contributed by atoms with van der Waals surface area (Å²) in [7, 11) is 0. The molecule has 112 valence electrons. The number of benzene rings is 1. The van der Waals surface area contributed by atoms with Gasteiger partial charge < -0.3 is 18.9 Å². The summed E-state index contributed by atoms with van der Waals surface area (Å²) in [6, 6.07) is 7.24. The van der Waals surface area contributed by atoms with E-state index in [2.05, 4.69) is 0 Å². The van der Waals surface area contributed by atoms with Crippen LogP contribution in [0.2, 0.25) is 0 Å². The van der Waals surface area contributed by atoms with Crippen molar-refractivity contribution in [3.05, 3.63) is 35.8 Å². The van der Waals surface area contributed by atoms with E-state index in [4.69, 9.17) is 18.9 Å². The van der Waals surface area contributed by atoms with Gasteiger partial charge in [0, 0.05) is 0 Å². The fraction of sp³-hybridized carbons (Fsp3) is 0.375. The third-order valence-electron chi connectivity index (χ3n) is 5.03. The number of hydrogen-bond donors (Lipinski definition) is 0. The first-order chi connectivity index (χ1) is 10.4. The molecule has 0 aliphatic carbocycles. The molecule has 2 bridgehead atoms. The summed E-state index contributed by atoms with van der Waals surface area (Å²) in [5, 5.41) is 0. The van der Waals surface area contributed by atoms with Crippen molar-refractivity contribution >= 4 is 11.9 Å². The van der Waals surface area contributed by atoms with Crippen molar-refractivity contribution in [2.45, 2.75) is 25.0 Å². The van der Waals surface area contributed by atoms with Crippen molar-refractivity contribution in [3.63, 3.8) is 0 Å². The van der Waals surface area contributed by atoms with Gasteiger partial charge in [-0.05, 0) is 26.0 Å². The van der Waals surface area contributed by atoms with E-state index < -0.39 is 35.0 Å². The summed E-state index contributed by atoms with van der Waals surface area (Å²) >= 11 is 0. The van der Waals surface area contributed by atoms with Crippen LogP contribution in [-0.4, -0.2) is 23.1 Å². The Hall–Kier alpha value is -2.34. The minimum absolute atomic E-state index is 0.460. The lowest BCUT2D eigenvalue weighted by Crippen LogP contribution is -2.45.